The summed E-state index contributed by atoms with van der Waals surface area (Å²) in [6, 6.07) is 46.7. The Labute approximate surface area is 327 Å². The molecule has 0 aliphatic rings. The Balaban J connectivity index is 1.14. The Morgan fingerprint density at radius 1 is 0.382 bits per heavy atom. The summed E-state index contributed by atoms with van der Waals surface area (Å²) in [5.74, 6) is 1.80. The van der Waals surface area contributed by atoms with Gasteiger partial charge >= 0.3 is 0 Å². The molecule has 10 aromatic rings. The molecule has 0 atom stereocenters. The van der Waals surface area contributed by atoms with Gasteiger partial charge in [0.15, 0.2) is 17.5 Å². The standard InChI is InChI=1S/C45H32B5N3OS/c46-35-34(36(47)38(49)39(50)37(35)48)23-19-21-25(22-20-23)44-51-43(24-9-2-1-3-10-24)52-45(53-44)32-17-7-13-28-27-12-6-14-29(40(27)54-41(28)32)31-16-8-15-30-26-11-4-5-18-33(26)55-42(30)31/h1-22H,46-50H2. The molecule has 0 aliphatic carbocycles. The average molecular weight is 717 g/mol. The molecule has 0 fully saturated rings. The van der Waals surface area contributed by atoms with E-state index < -0.39 is 0 Å². The third kappa shape index (κ3) is 5.38. The fourth-order valence-electron chi connectivity index (χ4n) is 8.23. The molecule has 55 heavy (non-hydrogen) atoms. The zero-order chi connectivity index (χ0) is 37.4. The van der Waals surface area contributed by atoms with Gasteiger partial charge in [0.1, 0.15) is 50.4 Å². The number of rotatable bonds is 5. The van der Waals surface area contributed by atoms with E-state index in [0.29, 0.717) is 17.5 Å². The van der Waals surface area contributed by atoms with Gasteiger partial charge in [-0.15, -0.1) is 27.7 Å². The fraction of sp³-hybridized carbons (Fsp3) is 0. The van der Waals surface area contributed by atoms with Crippen LogP contribution in [0.5, 0.6) is 0 Å². The molecule has 254 valence electrons. The molecular formula is C45H32B5N3OS. The lowest BCUT2D eigenvalue weighted by molar-refractivity contribution is 0.670. The molecule has 10 rings (SSSR count). The lowest BCUT2D eigenvalue weighted by Crippen LogP contribution is -2.55. The van der Waals surface area contributed by atoms with Gasteiger partial charge in [-0.3, -0.25) is 0 Å². The van der Waals surface area contributed by atoms with Crippen LogP contribution >= 0.6 is 11.3 Å². The van der Waals surface area contributed by atoms with Crippen LogP contribution in [0.15, 0.2) is 138 Å². The van der Waals surface area contributed by atoms with Crippen molar-refractivity contribution in [3.05, 3.63) is 133 Å². The maximum absolute atomic E-state index is 6.96. The molecule has 4 nitrogen and oxygen atoms in total. The summed E-state index contributed by atoms with van der Waals surface area (Å²) in [7, 11) is 11.1. The minimum absolute atomic E-state index is 0.571. The lowest BCUT2D eigenvalue weighted by Gasteiger charge is -2.20. The molecule has 0 saturated carbocycles. The van der Waals surface area contributed by atoms with Crippen molar-refractivity contribution in [1.29, 1.82) is 0 Å². The highest BCUT2D eigenvalue weighted by atomic mass is 32.1. The average Bonchev–Trinajstić information content (AvgIpc) is 3.82. The number of hydrogen-bond acceptors (Lipinski definition) is 5. The van der Waals surface area contributed by atoms with E-state index in [-0.39, 0.29) is 0 Å². The molecule has 0 radical (unpaired) electrons. The molecule has 10 heteroatoms. The third-order valence-electron chi connectivity index (χ3n) is 11.6. The SMILES string of the molecule is Bc1c(B)c(B)c(-c2ccc(-c3nc(-c4ccccc4)nc(-c4cccc5c4oc4c(-c6cccc7c6sc6ccccc67)cccc45)n3)cc2)c(B)c1B. The molecule has 0 spiro atoms. The van der Waals surface area contributed by atoms with E-state index in [9.17, 15) is 0 Å². The number of furan rings is 1. The lowest BCUT2D eigenvalue weighted by atomic mass is 9.59. The number of benzene rings is 7. The summed E-state index contributed by atoms with van der Waals surface area (Å²) in [6.45, 7) is 0. The first kappa shape index (κ1) is 33.5. The molecular weight excluding hydrogens is 685 g/mol. The molecule has 3 aromatic heterocycles. The first-order chi connectivity index (χ1) is 26.9. The molecule has 0 N–H and O–H groups in total. The Morgan fingerprint density at radius 3 is 1.56 bits per heavy atom. The largest absolute Gasteiger partial charge is 0.455 e. The Kier molecular flexibility index (Phi) is 7.93. The van der Waals surface area contributed by atoms with Crippen molar-refractivity contribution in [3.63, 3.8) is 0 Å². The predicted molar refractivity (Wildman–Crippen MR) is 248 cm³/mol. The first-order valence-corrected chi connectivity index (χ1v) is 19.5. The summed E-state index contributed by atoms with van der Waals surface area (Å²) >= 11 is 1.83. The number of para-hydroxylation sites is 2. The summed E-state index contributed by atoms with van der Waals surface area (Å²) in [5.41, 5.74) is 15.7. The van der Waals surface area contributed by atoms with E-state index in [1.165, 1.54) is 64.2 Å². The van der Waals surface area contributed by atoms with Gasteiger partial charge in [-0.05, 0) is 23.3 Å². The van der Waals surface area contributed by atoms with Gasteiger partial charge in [0, 0.05) is 53.2 Å². The van der Waals surface area contributed by atoms with E-state index in [1.807, 2.05) is 41.7 Å². The Morgan fingerprint density at radius 2 is 0.873 bits per heavy atom. The Hall–Kier alpha value is -6.11. The Bertz CT molecular complexity index is 3130. The van der Waals surface area contributed by atoms with Crippen molar-refractivity contribution in [2.24, 2.45) is 0 Å². The first-order valence-electron chi connectivity index (χ1n) is 18.7. The van der Waals surface area contributed by atoms with E-state index in [0.717, 1.165) is 44.2 Å². The summed E-state index contributed by atoms with van der Waals surface area (Å²) in [4.78, 5) is 15.3. The van der Waals surface area contributed by atoms with Crippen molar-refractivity contribution in [2.75, 3.05) is 0 Å². The van der Waals surface area contributed by atoms with Crippen LogP contribution in [0.25, 0.3) is 98.5 Å². The van der Waals surface area contributed by atoms with Crippen molar-refractivity contribution < 1.29 is 4.42 Å². The van der Waals surface area contributed by atoms with E-state index in [2.05, 4.69) is 142 Å². The van der Waals surface area contributed by atoms with Gasteiger partial charge in [0.25, 0.3) is 0 Å². The molecule has 0 aliphatic heterocycles. The molecule has 3 heterocycles. The molecule has 0 saturated heterocycles. The highest BCUT2D eigenvalue weighted by Crippen LogP contribution is 2.44. The number of nitrogens with zero attached hydrogens (tertiary/aromatic N) is 3. The number of hydrogen-bond donors (Lipinski definition) is 0. The second-order valence-electron chi connectivity index (χ2n) is 14.5. The monoisotopic (exact) mass is 717 g/mol. The van der Waals surface area contributed by atoms with Gasteiger partial charge in [-0.2, -0.15) is 0 Å². The van der Waals surface area contributed by atoms with E-state index in [4.69, 9.17) is 19.4 Å². The van der Waals surface area contributed by atoms with Crippen molar-refractivity contribution >= 4 is 120 Å². The van der Waals surface area contributed by atoms with E-state index in [1.54, 1.807) is 0 Å². The van der Waals surface area contributed by atoms with Crippen LogP contribution in [0.3, 0.4) is 0 Å². The van der Waals surface area contributed by atoms with Crippen LogP contribution < -0.4 is 27.3 Å². The minimum Gasteiger partial charge on any atom is -0.455 e. The predicted octanol–water partition coefficient (Wildman–Crippen LogP) is 3.77. The normalized spacial score (nSPS) is 11.6. The molecule has 0 bridgehead atoms. The van der Waals surface area contributed by atoms with E-state index >= 15 is 0 Å². The van der Waals surface area contributed by atoms with Crippen LogP contribution in [0.4, 0.5) is 0 Å². The van der Waals surface area contributed by atoms with Crippen molar-refractivity contribution in [2.45, 2.75) is 0 Å². The number of aromatic nitrogens is 3. The maximum atomic E-state index is 6.96. The van der Waals surface area contributed by atoms with Crippen molar-refractivity contribution in [1.82, 2.24) is 15.0 Å². The second kappa shape index (κ2) is 13.0. The zero-order valence-electron chi connectivity index (χ0n) is 31.4. The van der Waals surface area contributed by atoms with Gasteiger partial charge in [0.2, 0.25) is 0 Å². The highest BCUT2D eigenvalue weighted by molar-refractivity contribution is 7.26. The third-order valence-corrected chi connectivity index (χ3v) is 12.8. The van der Waals surface area contributed by atoms with Crippen LogP contribution in [0.1, 0.15) is 0 Å². The van der Waals surface area contributed by atoms with Gasteiger partial charge in [0.05, 0.1) is 5.56 Å². The number of fused-ring (bicyclic) bond motifs is 6. The quantitative estimate of drug-likeness (QED) is 0.255. The van der Waals surface area contributed by atoms with Gasteiger partial charge < -0.3 is 4.42 Å². The van der Waals surface area contributed by atoms with Crippen LogP contribution in [-0.4, -0.2) is 54.2 Å². The van der Waals surface area contributed by atoms with Crippen LogP contribution in [0.2, 0.25) is 0 Å². The van der Waals surface area contributed by atoms with Crippen molar-refractivity contribution in [3.8, 4) is 56.4 Å². The second-order valence-corrected chi connectivity index (χ2v) is 15.5. The minimum atomic E-state index is 0.571. The fourth-order valence-corrected chi connectivity index (χ4v) is 9.46. The van der Waals surface area contributed by atoms with Crippen LogP contribution in [0, 0.1) is 0 Å². The highest BCUT2D eigenvalue weighted by Gasteiger charge is 2.21. The smallest absolute Gasteiger partial charge is 0.167 e. The summed E-state index contributed by atoms with van der Waals surface area (Å²) < 4.78 is 9.50. The summed E-state index contributed by atoms with van der Waals surface area (Å²) in [5, 5.41) is 4.64. The zero-order valence-corrected chi connectivity index (χ0v) is 32.2. The number of thiophene rings is 1. The molecule has 0 unspecified atom stereocenters. The van der Waals surface area contributed by atoms with Gasteiger partial charge in [-0.1, -0.05) is 132 Å². The molecule has 7 aromatic carbocycles. The van der Waals surface area contributed by atoms with Crippen LogP contribution in [-0.2, 0) is 0 Å². The maximum Gasteiger partial charge on any atom is 0.167 e. The molecule has 0 amide bonds. The topological polar surface area (TPSA) is 51.8 Å². The van der Waals surface area contributed by atoms with Gasteiger partial charge in [-0.25, -0.2) is 15.0 Å². The summed E-state index contributed by atoms with van der Waals surface area (Å²) in [6.07, 6.45) is 0.